The van der Waals surface area contributed by atoms with Crippen molar-refractivity contribution in [2.24, 2.45) is 11.7 Å². The minimum Gasteiger partial charge on any atom is -0.330 e. The van der Waals surface area contributed by atoms with Crippen molar-refractivity contribution in [1.29, 1.82) is 0 Å². The van der Waals surface area contributed by atoms with Crippen LogP contribution in [0.3, 0.4) is 0 Å². The number of hydrogen-bond donors (Lipinski definition) is 1. The van der Waals surface area contributed by atoms with Crippen molar-refractivity contribution in [1.82, 2.24) is 0 Å². The predicted molar refractivity (Wildman–Crippen MR) is 56.4 cm³/mol. The van der Waals surface area contributed by atoms with Crippen molar-refractivity contribution < 1.29 is 8.42 Å². The molecule has 0 saturated carbocycles. The Kier molecular flexibility index (Phi) is 5.56. The van der Waals surface area contributed by atoms with Gasteiger partial charge in [0.2, 0.25) is 0 Å². The summed E-state index contributed by atoms with van der Waals surface area (Å²) in [6, 6.07) is 0. The molecule has 0 fully saturated rings. The first-order valence-electron chi connectivity index (χ1n) is 4.81. The van der Waals surface area contributed by atoms with Gasteiger partial charge in [-0.25, -0.2) is 8.42 Å². The lowest BCUT2D eigenvalue weighted by Gasteiger charge is -2.10. The Hall–Kier alpha value is -0.0900. The first-order valence-corrected chi connectivity index (χ1v) is 6.53. The Morgan fingerprint density at radius 3 is 2.15 bits per heavy atom. The van der Waals surface area contributed by atoms with Crippen molar-refractivity contribution in [3.63, 3.8) is 0 Å². The van der Waals surface area contributed by atoms with E-state index in [1.165, 1.54) is 0 Å². The summed E-state index contributed by atoms with van der Waals surface area (Å²) >= 11 is 0. The van der Waals surface area contributed by atoms with Crippen LogP contribution in [0.4, 0.5) is 0 Å². The Balaban J connectivity index is 3.78. The maximum atomic E-state index is 11.4. The number of sulfone groups is 1. The van der Waals surface area contributed by atoms with E-state index < -0.39 is 9.84 Å². The molecule has 0 bridgehead atoms. The van der Waals surface area contributed by atoms with Gasteiger partial charge in [0.05, 0.1) is 11.0 Å². The zero-order valence-corrected chi connectivity index (χ0v) is 9.60. The van der Waals surface area contributed by atoms with Gasteiger partial charge in [-0.2, -0.15) is 0 Å². The van der Waals surface area contributed by atoms with E-state index in [9.17, 15) is 8.42 Å². The van der Waals surface area contributed by atoms with Crippen molar-refractivity contribution in [2.75, 3.05) is 12.3 Å². The third-order valence-electron chi connectivity index (χ3n) is 2.25. The van der Waals surface area contributed by atoms with Crippen LogP contribution in [-0.2, 0) is 9.84 Å². The minimum absolute atomic E-state index is 0.249. The summed E-state index contributed by atoms with van der Waals surface area (Å²) in [4.78, 5) is 0. The lowest BCUT2D eigenvalue weighted by Crippen LogP contribution is -2.19. The van der Waals surface area contributed by atoms with Gasteiger partial charge in [-0.15, -0.1) is 0 Å². The van der Waals surface area contributed by atoms with Crippen LogP contribution in [-0.4, -0.2) is 26.0 Å². The van der Waals surface area contributed by atoms with Gasteiger partial charge in [0.15, 0.2) is 9.84 Å². The Morgan fingerprint density at radius 1 is 1.23 bits per heavy atom. The Labute approximate surface area is 81.6 Å². The van der Waals surface area contributed by atoms with Crippen LogP contribution in [0.1, 0.15) is 33.6 Å². The van der Waals surface area contributed by atoms with Crippen LogP contribution < -0.4 is 5.73 Å². The highest BCUT2D eigenvalue weighted by Gasteiger charge is 2.15. The minimum atomic E-state index is -2.84. The third-order valence-corrected chi connectivity index (χ3v) is 4.54. The number of nitrogens with two attached hydrogens (primary N) is 1. The third kappa shape index (κ3) is 5.26. The molecular weight excluding hydrogens is 186 g/mol. The van der Waals surface area contributed by atoms with Crippen molar-refractivity contribution in [3.05, 3.63) is 0 Å². The molecule has 3 nitrogen and oxygen atoms in total. The molecule has 0 spiro atoms. The summed E-state index contributed by atoms with van der Waals surface area (Å²) in [5.74, 6) is 0.733. The topological polar surface area (TPSA) is 60.2 Å². The van der Waals surface area contributed by atoms with Crippen LogP contribution >= 0.6 is 0 Å². The van der Waals surface area contributed by atoms with Gasteiger partial charge >= 0.3 is 0 Å². The fourth-order valence-electron chi connectivity index (χ4n) is 0.987. The van der Waals surface area contributed by atoms with Crippen LogP contribution in [0.5, 0.6) is 0 Å². The van der Waals surface area contributed by atoms with E-state index in [0.717, 1.165) is 12.8 Å². The van der Waals surface area contributed by atoms with E-state index in [1.54, 1.807) is 13.8 Å². The summed E-state index contributed by atoms with van der Waals surface area (Å²) in [6.07, 6.45) is 1.64. The monoisotopic (exact) mass is 207 g/mol. The molecule has 13 heavy (non-hydrogen) atoms. The van der Waals surface area contributed by atoms with E-state index in [4.69, 9.17) is 5.73 Å². The maximum Gasteiger partial charge on any atom is 0.152 e. The van der Waals surface area contributed by atoms with E-state index in [1.807, 2.05) is 6.92 Å². The average Bonchev–Trinajstić information content (AvgIpc) is 2.03. The number of rotatable bonds is 6. The lowest BCUT2D eigenvalue weighted by molar-refractivity contribution is 0.528. The zero-order valence-electron chi connectivity index (χ0n) is 8.79. The van der Waals surface area contributed by atoms with Gasteiger partial charge in [0.25, 0.3) is 0 Å². The van der Waals surface area contributed by atoms with Gasteiger partial charge in [-0.3, -0.25) is 0 Å². The zero-order chi connectivity index (χ0) is 10.5. The average molecular weight is 207 g/mol. The molecule has 0 aliphatic rings. The van der Waals surface area contributed by atoms with Crippen LogP contribution in [0.25, 0.3) is 0 Å². The van der Waals surface area contributed by atoms with Crippen molar-refractivity contribution in [3.8, 4) is 0 Å². The lowest BCUT2D eigenvalue weighted by atomic mass is 10.1. The first-order chi connectivity index (χ1) is 5.90. The molecule has 0 aliphatic carbocycles. The molecule has 0 radical (unpaired) electrons. The highest BCUT2D eigenvalue weighted by molar-refractivity contribution is 7.91. The highest BCUT2D eigenvalue weighted by Crippen LogP contribution is 2.08. The van der Waals surface area contributed by atoms with Crippen molar-refractivity contribution in [2.45, 2.75) is 38.9 Å². The summed E-state index contributed by atoms with van der Waals surface area (Å²) in [7, 11) is -2.84. The van der Waals surface area contributed by atoms with Crippen LogP contribution in [0.2, 0.25) is 0 Å². The van der Waals surface area contributed by atoms with E-state index in [2.05, 4.69) is 0 Å². The van der Waals surface area contributed by atoms with Gasteiger partial charge < -0.3 is 5.73 Å². The summed E-state index contributed by atoms with van der Waals surface area (Å²) in [5.41, 5.74) is 5.43. The fourth-order valence-corrected chi connectivity index (χ4v) is 2.03. The first kappa shape index (κ1) is 12.9. The molecule has 0 aromatic rings. The van der Waals surface area contributed by atoms with Gasteiger partial charge in [-0.1, -0.05) is 6.92 Å². The van der Waals surface area contributed by atoms with E-state index in [0.29, 0.717) is 18.2 Å². The molecule has 0 aromatic carbocycles. The second-order valence-corrected chi connectivity index (χ2v) is 6.58. The molecule has 0 aliphatic heterocycles. The smallest absolute Gasteiger partial charge is 0.152 e. The van der Waals surface area contributed by atoms with Crippen LogP contribution in [0.15, 0.2) is 0 Å². The normalized spacial score (nSPS) is 14.8. The van der Waals surface area contributed by atoms with Gasteiger partial charge in [-0.05, 0) is 39.2 Å². The maximum absolute atomic E-state index is 11.4. The Morgan fingerprint density at radius 2 is 1.77 bits per heavy atom. The van der Waals surface area contributed by atoms with Gasteiger partial charge in [0.1, 0.15) is 0 Å². The molecule has 0 amide bonds. The molecule has 80 valence electrons. The van der Waals surface area contributed by atoms with E-state index in [-0.39, 0.29) is 5.25 Å². The van der Waals surface area contributed by atoms with Gasteiger partial charge in [0, 0.05) is 0 Å². The molecule has 0 saturated heterocycles. The largest absolute Gasteiger partial charge is 0.330 e. The molecule has 0 rings (SSSR count). The Bertz CT molecular complexity index is 222. The highest BCUT2D eigenvalue weighted by atomic mass is 32.2. The number of hydrogen-bond acceptors (Lipinski definition) is 3. The molecule has 1 atom stereocenters. The summed E-state index contributed by atoms with van der Waals surface area (Å²) in [6.45, 7) is 6.13. The molecule has 2 N–H and O–H groups in total. The standard InChI is InChI=1S/C9H21NO2S/c1-8(2)13(11,12)6-4-5-9(3)7-10/h8-9H,4-7,10H2,1-3H3. The molecule has 4 heteroatoms. The van der Waals surface area contributed by atoms with Crippen molar-refractivity contribution >= 4 is 9.84 Å². The molecule has 1 unspecified atom stereocenters. The molecular formula is C9H21NO2S. The fraction of sp³-hybridized carbons (Fsp3) is 1.00. The quantitative estimate of drug-likeness (QED) is 0.711. The molecule has 0 heterocycles. The van der Waals surface area contributed by atoms with Crippen LogP contribution in [0, 0.1) is 5.92 Å². The van der Waals surface area contributed by atoms with E-state index >= 15 is 0 Å². The second-order valence-electron chi connectivity index (χ2n) is 3.90. The molecule has 0 aromatic heterocycles. The second kappa shape index (κ2) is 5.60. The predicted octanol–water partition coefficient (Wildman–Crippen LogP) is 1.18. The summed E-state index contributed by atoms with van der Waals surface area (Å²) < 4.78 is 22.7. The summed E-state index contributed by atoms with van der Waals surface area (Å²) in [5, 5.41) is -0.249. The SMILES string of the molecule is CC(CN)CCCS(=O)(=O)C(C)C.